The lowest BCUT2D eigenvalue weighted by molar-refractivity contribution is -0.137. The highest BCUT2D eigenvalue weighted by molar-refractivity contribution is 6.32. The van der Waals surface area contributed by atoms with Crippen LogP contribution in [0.3, 0.4) is 0 Å². The second-order valence-electron chi connectivity index (χ2n) is 12.8. The Balaban J connectivity index is 0.988. The monoisotopic (exact) mass is 681 g/mol. The maximum absolute atomic E-state index is 13.4. The first-order chi connectivity index (χ1) is 23.9. The van der Waals surface area contributed by atoms with Crippen LogP contribution in [0.15, 0.2) is 60.4 Å². The normalized spacial score (nSPS) is 16.7. The van der Waals surface area contributed by atoms with Crippen molar-refractivity contribution in [2.24, 2.45) is 5.92 Å². The van der Waals surface area contributed by atoms with Crippen LogP contribution in [0, 0.1) is 12.8 Å². The molecule has 0 unspecified atom stereocenters. The van der Waals surface area contributed by atoms with Crippen LogP contribution in [0.2, 0.25) is 5.02 Å². The van der Waals surface area contributed by atoms with Crippen molar-refractivity contribution in [3.8, 4) is 11.4 Å². The average molecular weight is 682 g/mol. The highest BCUT2D eigenvalue weighted by atomic mass is 35.5. The first kappa shape index (κ1) is 32.6. The molecule has 0 bridgehead atoms. The predicted octanol–water partition coefficient (Wildman–Crippen LogP) is 5.84. The number of carbonyl (C=O) groups is 2. The molecule has 0 atom stereocenters. The largest absolute Gasteiger partial charge is 0.489 e. The summed E-state index contributed by atoms with van der Waals surface area (Å²) in [5, 5.41) is 19.2. The van der Waals surface area contributed by atoms with Gasteiger partial charge in [0, 0.05) is 49.7 Å². The van der Waals surface area contributed by atoms with E-state index in [1.54, 1.807) is 10.9 Å². The summed E-state index contributed by atoms with van der Waals surface area (Å²) >= 11 is 6.70. The number of fused-ring (bicyclic) bond motifs is 1. The number of halogens is 1. The molecule has 1 aliphatic carbocycles. The molecule has 0 radical (unpaired) electrons. The number of aromatic nitrogens is 5. The van der Waals surface area contributed by atoms with Crippen molar-refractivity contribution in [3.05, 3.63) is 82.4 Å². The van der Waals surface area contributed by atoms with Crippen LogP contribution in [-0.2, 0) is 16.1 Å². The Morgan fingerprint density at radius 1 is 1.02 bits per heavy atom. The number of benzene rings is 2. The topological polar surface area (TPSA) is 139 Å². The van der Waals surface area contributed by atoms with Gasteiger partial charge >= 0.3 is 0 Å². The van der Waals surface area contributed by atoms with E-state index in [2.05, 4.69) is 36.1 Å². The first-order valence-corrected chi connectivity index (χ1v) is 17.4. The van der Waals surface area contributed by atoms with Crippen molar-refractivity contribution < 1.29 is 14.3 Å². The minimum absolute atomic E-state index is 0.00193. The standard InChI is InChI=1S/C36H40ClN9O3/c1-23-31(44-46(43-23)27-9-3-2-4-10-27)21-39-35(47)25-13-16-38-33-29(19-25)34(41-22-40-33)42-26-11-12-32(30(37)20-26)49-28-14-17-45(18-15-28)36(48)24-7-5-6-8-24/h2-4,9-12,19-20,22,24,28H,5-8,13-18,21H2,1H3,(H,39,47)(H2,38,40,41,42). The number of hydrogen-bond donors (Lipinski definition) is 3. The van der Waals surface area contributed by atoms with Crippen LogP contribution in [0.25, 0.3) is 11.8 Å². The summed E-state index contributed by atoms with van der Waals surface area (Å²) in [7, 11) is 0. The summed E-state index contributed by atoms with van der Waals surface area (Å²) in [5.74, 6) is 2.09. The number of para-hydroxylation sites is 1. The minimum Gasteiger partial charge on any atom is -0.489 e. The molecule has 1 saturated carbocycles. The van der Waals surface area contributed by atoms with E-state index in [-0.39, 0.29) is 24.5 Å². The molecular weight excluding hydrogens is 642 g/mol. The summed E-state index contributed by atoms with van der Waals surface area (Å²) in [5.41, 5.74) is 4.28. The number of nitrogens with zero attached hydrogens (tertiary/aromatic N) is 6. The summed E-state index contributed by atoms with van der Waals surface area (Å²) in [6, 6.07) is 15.2. The zero-order valence-electron chi connectivity index (χ0n) is 27.5. The molecule has 3 aliphatic rings. The number of carbonyl (C=O) groups excluding carboxylic acids is 2. The summed E-state index contributed by atoms with van der Waals surface area (Å²) in [6.07, 6.45) is 9.74. The van der Waals surface area contributed by atoms with Crippen molar-refractivity contribution in [2.45, 2.75) is 64.5 Å². The van der Waals surface area contributed by atoms with Gasteiger partial charge in [-0.05, 0) is 62.6 Å². The van der Waals surface area contributed by atoms with Gasteiger partial charge in [-0.2, -0.15) is 15.0 Å². The van der Waals surface area contributed by atoms with E-state index in [0.717, 1.165) is 55.6 Å². The maximum Gasteiger partial charge on any atom is 0.247 e. The van der Waals surface area contributed by atoms with E-state index in [9.17, 15) is 9.59 Å². The van der Waals surface area contributed by atoms with Crippen LogP contribution in [0.1, 0.15) is 61.9 Å². The van der Waals surface area contributed by atoms with Crippen LogP contribution in [0.4, 0.5) is 17.3 Å². The van der Waals surface area contributed by atoms with E-state index in [0.29, 0.717) is 71.2 Å². The molecule has 13 heteroatoms. The Kier molecular flexibility index (Phi) is 9.74. The third kappa shape index (κ3) is 7.54. The number of hydrogen-bond acceptors (Lipinski definition) is 9. The summed E-state index contributed by atoms with van der Waals surface area (Å²) in [6.45, 7) is 4.09. The Hall–Kier alpha value is -4.97. The molecule has 4 heterocycles. The second-order valence-corrected chi connectivity index (χ2v) is 13.2. The van der Waals surface area contributed by atoms with Gasteiger partial charge in [0.25, 0.3) is 0 Å². The third-order valence-electron chi connectivity index (χ3n) is 9.41. The number of amides is 2. The Morgan fingerprint density at radius 2 is 1.82 bits per heavy atom. The van der Waals surface area contributed by atoms with Gasteiger partial charge in [-0.15, -0.1) is 0 Å². The van der Waals surface area contributed by atoms with Gasteiger partial charge in [0.1, 0.15) is 35.5 Å². The van der Waals surface area contributed by atoms with Crippen LogP contribution < -0.4 is 20.7 Å². The van der Waals surface area contributed by atoms with Crippen LogP contribution in [0.5, 0.6) is 5.75 Å². The van der Waals surface area contributed by atoms with E-state index >= 15 is 0 Å². The number of anilines is 3. The quantitative estimate of drug-likeness (QED) is 0.199. The summed E-state index contributed by atoms with van der Waals surface area (Å²) in [4.78, 5) is 38.7. The molecule has 12 nitrogen and oxygen atoms in total. The number of piperidine rings is 1. The first-order valence-electron chi connectivity index (χ1n) is 17.0. The molecular formula is C36H40ClN9O3. The van der Waals surface area contributed by atoms with E-state index in [4.69, 9.17) is 16.3 Å². The molecule has 2 amide bonds. The molecule has 2 aromatic heterocycles. The third-order valence-corrected chi connectivity index (χ3v) is 9.70. The van der Waals surface area contributed by atoms with Gasteiger partial charge in [0.05, 0.1) is 28.5 Å². The van der Waals surface area contributed by atoms with Crippen molar-refractivity contribution >= 4 is 46.8 Å². The zero-order chi connectivity index (χ0) is 33.7. The van der Waals surface area contributed by atoms with Gasteiger partial charge in [0.2, 0.25) is 11.8 Å². The van der Waals surface area contributed by atoms with Crippen molar-refractivity contribution in [1.82, 2.24) is 35.2 Å². The molecule has 2 aromatic carbocycles. The number of likely N-dealkylation sites (tertiary alicyclic amines) is 1. The fraction of sp³-hybridized carbons (Fsp3) is 0.389. The fourth-order valence-corrected chi connectivity index (χ4v) is 6.88. The van der Waals surface area contributed by atoms with Gasteiger partial charge in [0.15, 0.2) is 0 Å². The van der Waals surface area contributed by atoms with E-state index < -0.39 is 0 Å². The lowest BCUT2D eigenvalue weighted by Crippen LogP contribution is -2.44. The van der Waals surface area contributed by atoms with E-state index in [1.807, 2.05) is 60.4 Å². The minimum atomic E-state index is -0.198. The molecule has 2 fully saturated rings. The Morgan fingerprint density at radius 3 is 2.59 bits per heavy atom. The van der Waals surface area contributed by atoms with E-state index in [1.165, 1.54) is 6.33 Å². The van der Waals surface area contributed by atoms with Gasteiger partial charge < -0.3 is 25.6 Å². The number of nitrogens with one attached hydrogen (secondary N) is 3. The summed E-state index contributed by atoms with van der Waals surface area (Å²) < 4.78 is 6.28. The van der Waals surface area contributed by atoms with Crippen molar-refractivity contribution in [3.63, 3.8) is 0 Å². The lowest BCUT2D eigenvalue weighted by atomic mass is 10.0. The predicted molar refractivity (Wildman–Crippen MR) is 188 cm³/mol. The Bertz CT molecular complexity index is 1850. The fourth-order valence-electron chi connectivity index (χ4n) is 6.66. The van der Waals surface area contributed by atoms with Crippen molar-refractivity contribution in [2.75, 3.05) is 30.3 Å². The number of rotatable bonds is 9. The highest BCUT2D eigenvalue weighted by Crippen LogP contribution is 2.34. The zero-order valence-corrected chi connectivity index (χ0v) is 28.2. The SMILES string of the molecule is Cc1nn(-c2ccccc2)nc1CNC(=O)C1=Cc2c(ncnc2Nc2ccc(OC3CCN(C(=O)C4CCCC4)CC3)c(Cl)c2)NCC1. The molecule has 4 aromatic rings. The van der Waals surface area contributed by atoms with Gasteiger partial charge in [-0.3, -0.25) is 9.59 Å². The average Bonchev–Trinajstić information content (AvgIpc) is 3.74. The number of aryl methyl sites for hydroxylation is 1. The van der Waals surface area contributed by atoms with Crippen LogP contribution >= 0.6 is 11.6 Å². The molecule has 1 saturated heterocycles. The molecule has 49 heavy (non-hydrogen) atoms. The number of ether oxygens (including phenoxy) is 1. The maximum atomic E-state index is 13.4. The lowest BCUT2D eigenvalue weighted by Gasteiger charge is -2.33. The van der Waals surface area contributed by atoms with Gasteiger partial charge in [-0.1, -0.05) is 42.6 Å². The molecule has 3 N–H and O–H groups in total. The molecule has 7 rings (SSSR count). The molecule has 0 spiro atoms. The molecule has 2 aliphatic heterocycles. The van der Waals surface area contributed by atoms with Crippen LogP contribution in [-0.4, -0.2) is 67.4 Å². The Labute approximate surface area is 290 Å². The smallest absolute Gasteiger partial charge is 0.247 e. The van der Waals surface area contributed by atoms with Crippen molar-refractivity contribution in [1.29, 1.82) is 0 Å². The second kappa shape index (κ2) is 14.7. The highest BCUT2D eigenvalue weighted by Gasteiger charge is 2.31. The van der Waals surface area contributed by atoms with Gasteiger partial charge in [-0.25, -0.2) is 9.97 Å². The molecule has 254 valence electrons.